The summed E-state index contributed by atoms with van der Waals surface area (Å²) in [5, 5.41) is 2.20. The highest BCUT2D eigenvalue weighted by Gasteiger charge is 2.45. The number of rotatable bonds is 1. The standard InChI is InChI=1S/C11H16N2O3/c1-11(2)5-3-4-7(11)13-9(15)6-8(14)12-10(13)16/h7H,3-6H2,1-2H3,(H,12,14,16). The molecule has 0 aromatic heterocycles. The lowest BCUT2D eigenvalue weighted by Gasteiger charge is -2.37. The molecule has 1 heterocycles. The van der Waals surface area contributed by atoms with E-state index in [0.717, 1.165) is 19.3 Å². The van der Waals surface area contributed by atoms with Gasteiger partial charge in [-0.2, -0.15) is 0 Å². The van der Waals surface area contributed by atoms with Gasteiger partial charge in [-0.1, -0.05) is 20.3 Å². The predicted octanol–water partition coefficient (Wildman–Crippen LogP) is 1.03. The monoisotopic (exact) mass is 224 g/mol. The molecule has 1 saturated heterocycles. The van der Waals surface area contributed by atoms with Crippen molar-refractivity contribution in [2.45, 2.75) is 45.6 Å². The van der Waals surface area contributed by atoms with E-state index >= 15 is 0 Å². The highest BCUT2D eigenvalue weighted by atomic mass is 16.2. The minimum Gasteiger partial charge on any atom is -0.277 e. The zero-order valence-electron chi connectivity index (χ0n) is 9.58. The van der Waals surface area contributed by atoms with Crippen molar-refractivity contribution in [1.29, 1.82) is 0 Å². The van der Waals surface area contributed by atoms with Crippen molar-refractivity contribution >= 4 is 17.8 Å². The van der Waals surface area contributed by atoms with Crippen molar-refractivity contribution in [1.82, 2.24) is 10.2 Å². The molecular weight excluding hydrogens is 208 g/mol. The summed E-state index contributed by atoms with van der Waals surface area (Å²) in [6, 6.07) is -0.630. The van der Waals surface area contributed by atoms with Crippen molar-refractivity contribution in [2.75, 3.05) is 0 Å². The summed E-state index contributed by atoms with van der Waals surface area (Å²) < 4.78 is 0. The van der Waals surface area contributed by atoms with Crippen LogP contribution in [0.2, 0.25) is 0 Å². The van der Waals surface area contributed by atoms with E-state index in [1.807, 2.05) is 0 Å². The molecule has 5 heteroatoms. The zero-order chi connectivity index (χ0) is 11.9. The van der Waals surface area contributed by atoms with Gasteiger partial charge in [-0.15, -0.1) is 0 Å². The van der Waals surface area contributed by atoms with E-state index in [9.17, 15) is 14.4 Å². The van der Waals surface area contributed by atoms with Crippen molar-refractivity contribution in [3.63, 3.8) is 0 Å². The molecule has 1 aliphatic heterocycles. The van der Waals surface area contributed by atoms with Gasteiger partial charge in [0.1, 0.15) is 6.42 Å². The summed E-state index contributed by atoms with van der Waals surface area (Å²) in [7, 11) is 0. The van der Waals surface area contributed by atoms with Crippen LogP contribution in [0.25, 0.3) is 0 Å². The lowest BCUT2D eigenvalue weighted by Crippen LogP contribution is -2.58. The minimum atomic E-state index is -0.554. The Labute approximate surface area is 94.2 Å². The van der Waals surface area contributed by atoms with Crippen molar-refractivity contribution in [3.05, 3.63) is 0 Å². The van der Waals surface area contributed by atoms with E-state index in [1.165, 1.54) is 4.90 Å². The molecular formula is C11H16N2O3. The predicted molar refractivity (Wildman–Crippen MR) is 56.4 cm³/mol. The van der Waals surface area contributed by atoms with Crippen LogP contribution < -0.4 is 5.32 Å². The van der Waals surface area contributed by atoms with Crippen LogP contribution in [0, 0.1) is 5.41 Å². The van der Waals surface area contributed by atoms with E-state index in [0.29, 0.717) is 0 Å². The summed E-state index contributed by atoms with van der Waals surface area (Å²) in [4.78, 5) is 35.7. The van der Waals surface area contributed by atoms with Crippen LogP contribution in [0.15, 0.2) is 0 Å². The van der Waals surface area contributed by atoms with Crippen LogP contribution in [-0.4, -0.2) is 28.8 Å². The van der Waals surface area contributed by atoms with Gasteiger partial charge >= 0.3 is 6.03 Å². The molecule has 0 bridgehead atoms. The molecule has 16 heavy (non-hydrogen) atoms. The normalized spacial score (nSPS) is 29.5. The first-order valence-corrected chi connectivity index (χ1v) is 5.58. The van der Waals surface area contributed by atoms with Crippen LogP contribution >= 0.6 is 0 Å². The molecule has 88 valence electrons. The molecule has 2 rings (SSSR count). The number of barbiturate groups is 1. The first-order chi connectivity index (χ1) is 7.42. The quantitative estimate of drug-likeness (QED) is 0.676. The third-order valence-electron chi connectivity index (χ3n) is 3.56. The Morgan fingerprint density at radius 1 is 1.31 bits per heavy atom. The number of urea groups is 1. The van der Waals surface area contributed by atoms with Gasteiger partial charge < -0.3 is 0 Å². The smallest absolute Gasteiger partial charge is 0.277 e. The van der Waals surface area contributed by atoms with Gasteiger partial charge in [-0.3, -0.25) is 19.8 Å². The summed E-state index contributed by atoms with van der Waals surface area (Å²) in [5.41, 5.74) is -0.0482. The van der Waals surface area contributed by atoms with E-state index < -0.39 is 11.9 Å². The van der Waals surface area contributed by atoms with Crippen LogP contribution in [-0.2, 0) is 9.59 Å². The topological polar surface area (TPSA) is 66.5 Å². The maximum Gasteiger partial charge on any atom is 0.331 e. The van der Waals surface area contributed by atoms with Crippen molar-refractivity contribution in [3.8, 4) is 0 Å². The average molecular weight is 224 g/mol. The second-order valence-corrected chi connectivity index (χ2v) is 5.19. The average Bonchev–Trinajstić information content (AvgIpc) is 2.44. The fourth-order valence-electron chi connectivity index (χ4n) is 2.66. The maximum atomic E-state index is 11.7. The van der Waals surface area contributed by atoms with Gasteiger partial charge in [0, 0.05) is 6.04 Å². The van der Waals surface area contributed by atoms with Gasteiger partial charge in [-0.25, -0.2) is 4.79 Å². The molecule has 0 aromatic rings. The third kappa shape index (κ3) is 1.70. The number of amides is 4. The number of nitrogens with zero attached hydrogens (tertiary/aromatic N) is 1. The molecule has 1 aliphatic carbocycles. The molecule has 0 spiro atoms. The SMILES string of the molecule is CC1(C)CCCC1N1C(=O)CC(=O)NC1=O. The van der Waals surface area contributed by atoms with Crippen LogP contribution in [0.1, 0.15) is 39.5 Å². The molecule has 4 amide bonds. The van der Waals surface area contributed by atoms with Crippen LogP contribution in [0.4, 0.5) is 4.79 Å². The minimum absolute atomic E-state index is 0.0482. The number of imide groups is 2. The zero-order valence-corrected chi connectivity index (χ0v) is 9.58. The Kier molecular flexibility index (Phi) is 2.48. The molecule has 5 nitrogen and oxygen atoms in total. The fourth-order valence-corrected chi connectivity index (χ4v) is 2.66. The van der Waals surface area contributed by atoms with E-state index in [1.54, 1.807) is 0 Å². The molecule has 1 unspecified atom stereocenters. The maximum absolute atomic E-state index is 11.7. The number of carbonyl (C=O) groups excluding carboxylic acids is 3. The first kappa shape index (κ1) is 11.1. The Morgan fingerprint density at radius 2 is 2.00 bits per heavy atom. The lowest BCUT2D eigenvalue weighted by molar-refractivity contribution is -0.139. The molecule has 0 aromatic carbocycles. The molecule has 1 saturated carbocycles. The van der Waals surface area contributed by atoms with E-state index in [2.05, 4.69) is 19.2 Å². The molecule has 1 N–H and O–H groups in total. The number of carbonyl (C=O) groups is 3. The Bertz CT molecular complexity index is 342. The second kappa shape index (κ2) is 3.57. The van der Waals surface area contributed by atoms with Gasteiger partial charge in [0.2, 0.25) is 11.8 Å². The van der Waals surface area contributed by atoms with Gasteiger partial charge in [-0.05, 0) is 18.3 Å². The molecule has 2 fully saturated rings. The van der Waals surface area contributed by atoms with E-state index in [4.69, 9.17) is 0 Å². The molecule has 1 atom stereocenters. The van der Waals surface area contributed by atoms with Crippen LogP contribution in [0.5, 0.6) is 0 Å². The highest BCUT2D eigenvalue weighted by molar-refractivity contribution is 6.14. The second-order valence-electron chi connectivity index (χ2n) is 5.19. The number of hydrogen-bond acceptors (Lipinski definition) is 3. The lowest BCUT2D eigenvalue weighted by atomic mass is 9.86. The third-order valence-corrected chi connectivity index (χ3v) is 3.56. The van der Waals surface area contributed by atoms with Crippen molar-refractivity contribution < 1.29 is 14.4 Å². The highest BCUT2D eigenvalue weighted by Crippen LogP contribution is 2.41. The summed E-state index contributed by atoms with van der Waals surface area (Å²) in [6.45, 7) is 4.11. The van der Waals surface area contributed by atoms with Crippen molar-refractivity contribution in [2.24, 2.45) is 5.41 Å². The van der Waals surface area contributed by atoms with Crippen LogP contribution in [0.3, 0.4) is 0 Å². The number of hydrogen-bond donors (Lipinski definition) is 1. The Balaban J connectivity index is 2.23. The fraction of sp³-hybridized carbons (Fsp3) is 0.727. The van der Waals surface area contributed by atoms with Gasteiger partial charge in [0.15, 0.2) is 0 Å². The summed E-state index contributed by atoms with van der Waals surface area (Å²) in [5.74, 6) is -0.865. The van der Waals surface area contributed by atoms with E-state index in [-0.39, 0.29) is 23.8 Å². The van der Waals surface area contributed by atoms with Gasteiger partial charge in [0.05, 0.1) is 0 Å². The number of nitrogens with one attached hydrogen (secondary N) is 1. The summed E-state index contributed by atoms with van der Waals surface area (Å²) >= 11 is 0. The van der Waals surface area contributed by atoms with Gasteiger partial charge in [0.25, 0.3) is 0 Å². The molecule has 2 aliphatic rings. The first-order valence-electron chi connectivity index (χ1n) is 5.58. The molecule has 0 radical (unpaired) electrons. The summed E-state index contributed by atoms with van der Waals surface area (Å²) in [6.07, 6.45) is 2.64. The largest absolute Gasteiger partial charge is 0.331 e. The Hall–Kier alpha value is -1.39. The Morgan fingerprint density at radius 3 is 2.50 bits per heavy atom.